The number of hydrogen-bond acceptors (Lipinski definition) is 12. The zero-order valence-electron chi connectivity index (χ0n) is 31.1. The maximum absolute atomic E-state index is 13.3. The first kappa shape index (κ1) is 36.7. The molecule has 9 rings (SSSR count). The highest BCUT2D eigenvalue weighted by molar-refractivity contribution is 7.99. The van der Waals surface area contributed by atoms with Crippen molar-refractivity contribution in [2.24, 2.45) is 0 Å². The fraction of sp³-hybridized carbons (Fsp3) is 0.439. The summed E-state index contributed by atoms with van der Waals surface area (Å²) in [4.78, 5) is 60.2. The van der Waals surface area contributed by atoms with E-state index in [1.165, 1.54) is 17.8 Å². The number of piperidine rings is 2. The Balaban J connectivity index is 0.676. The summed E-state index contributed by atoms with van der Waals surface area (Å²) in [6.07, 6.45) is 5.35. The van der Waals surface area contributed by atoms with Gasteiger partial charge in [-0.15, -0.1) is 0 Å². The quantitative estimate of drug-likeness (QED) is 0.121. The first-order chi connectivity index (χ1) is 27.1. The molecule has 0 radical (unpaired) electrons. The van der Waals surface area contributed by atoms with Gasteiger partial charge in [0.1, 0.15) is 17.9 Å². The molecule has 1 saturated carbocycles. The van der Waals surface area contributed by atoms with Gasteiger partial charge in [0.05, 0.1) is 39.6 Å². The molecule has 5 heterocycles. The third kappa shape index (κ3) is 7.36. The molecule has 56 heavy (non-hydrogen) atoms. The van der Waals surface area contributed by atoms with Crippen LogP contribution in [0.4, 0.5) is 22.7 Å². The second-order valence-corrected chi connectivity index (χ2v) is 16.6. The molecular formula is C41H45N7O7S. The number of anilines is 3. The minimum Gasteiger partial charge on any atom is -0.490 e. The van der Waals surface area contributed by atoms with Crippen molar-refractivity contribution < 1.29 is 28.8 Å². The smallest absolute Gasteiger partial charge is 0.270 e. The maximum Gasteiger partial charge on any atom is 0.270 e. The number of nitrogens with one attached hydrogen (secondary N) is 2. The van der Waals surface area contributed by atoms with Gasteiger partial charge in [0.2, 0.25) is 5.91 Å². The zero-order valence-corrected chi connectivity index (χ0v) is 31.9. The molecule has 0 spiro atoms. The van der Waals surface area contributed by atoms with Crippen LogP contribution < -0.4 is 20.3 Å². The average molecular weight is 780 g/mol. The third-order valence-electron chi connectivity index (χ3n) is 11.9. The minimum atomic E-state index is -0.807. The SMILES string of the molecule is C=C1CCC(N2C(=O)c3ccc(N4CCN(CCN5CCC(O[C@H]6C[C@H](Oc7ccc8c(c7)Sc7cc([N+](=O)[O-])ccc7N8)C6)CC5)CC4)cc3C2=O)C(=O)N1. The number of piperazine rings is 1. The van der Waals surface area contributed by atoms with Crippen LogP contribution in [0.5, 0.6) is 5.75 Å². The summed E-state index contributed by atoms with van der Waals surface area (Å²) in [6, 6.07) is 15.5. The number of fused-ring (bicyclic) bond motifs is 3. The highest BCUT2D eigenvalue weighted by Gasteiger charge is 2.44. The van der Waals surface area contributed by atoms with Crippen LogP contribution in [-0.4, -0.2) is 114 Å². The van der Waals surface area contributed by atoms with Crippen molar-refractivity contribution in [3.8, 4) is 5.75 Å². The van der Waals surface area contributed by atoms with Crippen LogP contribution in [0, 0.1) is 10.1 Å². The molecule has 4 fully saturated rings. The Hall–Kier alpha value is -4.96. The summed E-state index contributed by atoms with van der Waals surface area (Å²) in [5.41, 5.74) is 4.18. The predicted octanol–water partition coefficient (Wildman–Crippen LogP) is 5.40. The van der Waals surface area contributed by atoms with Crippen LogP contribution in [0.1, 0.15) is 59.2 Å². The van der Waals surface area contributed by atoms with E-state index in [-0.39, 0.29) is 34.8 Å². The lowest BCUT2D eigenvalue weighted by atomic mass is 9.91. The Kier molecular flexibility index (Phi) is 9.94. The molecule has 3 aromatic carbocycles. The van der Waals surface area contributed by atoms with Gasteiger partial charge in [-0.25, -0.2) is 0 Å². The number of nitro groups is 1. The van der Waals surface area contributed by atoms with Crippen LogP contribution in [0.3, 0.4) is 0 Å². The molecule has 0 bridgehead atoms. The molecule has 3 aromatic rings. The molecule has 15 heteroatoms. The van der Waals surface area contributed by atoms with Gasteiger partial charge >= 0.3 is 0 Å². The van der Waals surface area contributed by atoms with Gasteiger partial charge in [0.25, 0.3) is 17.5 Å². The van der Waals surface area contributed by atoms with Crippen LogP contribution in [0.15, 0.2) is 76.7 Å². The van der Waals surface area contributed by atoms with Crippen molar-refractivity contribution in [1.29, 1.82) is 0 Å². The van der Waals surface area contributed by atoms with Crippen LogP contribution >= 0.6 is 11.8 Å². The van der Waals surface area contributed by atoms with Gasteiger partial charge in [-0.3, -0.25) is 34.3 Å². The zero-order chi connectivity index (χ0) is 38.5. The van der Waals surface area contributed by atoms with E-state index >= 15 is 0 Å². The molecule has 1 unspecified atom stereocenters. The van der Waals surface area contributed by atoms with Crippen molar-refractivity contribution in [1.82, 2.24) is 20.0 Å². The molecule has 292 valence electrons. The van der Waals surface area contributed by atoms with E-state index < -0.39 is 17.9 Å². The molecule has 3 saturated heterocycles. The van der Waals surface area contributed by atoms with Gasteiger partial charge in [0, 0.05) is 98.5 Å². The number of hydrogen-bond donors (Lipinski definition) is 2. The summed E-state index contributed by atoms with van der Waals surface area (Å²) in [6.45, 7) is 11.4. The summed E-state index contributed by atoms with van der Waals surface area (Å²) >= 11 is 1.51. The molecule has 1 aliphatic carbocycles. The number of carbonyl (C=O) groups is 3. The number of imide groups is 1. The maximum atomic E-state index is 13.3. The summed E-state index contributed by atoms with van der Waals surface area (Å²) < 4.78 is 12.8. The minimum absolute atomic E-state index is 0.0796. The molecule has 2 N–H and O–H groups in total. The number of ether oxygens (including phenoxy) is 2. The van der Waals surface area contributed by atoms with E-state index in [1.807, 2.05) is 30.3 Å². The monoisotopic (exact) mass is 779 g/mol. The Labute approximate surface area is 329 Å². The topological polar surface area (TPSA) is 150 Å². The number of nitrogens with zero attached hydrogens (tertiary/aromatic N) is 5. The van der Waals surface area contributed by atoms with Crippen molar-refractivity contribution in [2.45, 2.75) is 72.7 Å². The lowest BCUT2D eigenvalue weighted by Crippen LogP contribution is -2.51. The normalized spacial score (nSPS) is 24.2. The van der Waals surface area contributed by atoms with Gasteiger partial charge in [-0.1, -0.05) is 18.3 Å². The van der Waals surface area contributed by atoms with Crippen LogP contribution in [0.2, 0.25) is 0 Å². The Bertz CT molecular complexity index is 2090. The average Bonchev–Trinajstić information content (AvgIpc) is 3.43. The standard InChI is InChI=1S/C41H45N7O7S/c1-25-2-9-36(39(49)42-25)47-40(50)32-6-3-26(20-33(32)41(47)51)46-18-16-45(17-19-46)15-14-44-12-10-28(11-13-44)54-30-22-31(23-30)55-29-5-8-35-38(24-29)56-37-21-27(48(52)53)4-7-34(37)43-35/h3-8,20-21,24,28,30-31,36,43H,1-2,9-19,22-23H2,(H,42,49)/t30-,31-,36?. The van der Waals surface area contributed by atoms with Gasteiger partial charge in [-0.2, -0.15) is 0 Å². The molecule has 6 aliphatic rings. The molecule has 0 aromatic heterocycles. The van der Waals surface area contributed by atoms with Crippen molar-refractivity contribution >= 4 is 52.2 Å². The summed E-state index contributed by atoms with van der Waals surface area (Å²) in [5, 5.41) is 17.3. The third-order valence-corrected chi connectivity index (χ3v) is 13.0. The predicted molar refractivity (Wildman–Crippen MR) is 211 cm³/mol. The van der Waals surface area contributed by atoms with E-state index in [2.05, 4.69) is 31.9 Å². The van der Waals surface area contributed by atoms with Gasteiger partial charge in [-0.05, 0) is 68.1 Å². The fourth-order valence-electron chi connectivity index (χ4n) is 8.55. The first-order valence-electron chi connectivity index (χ1n) is 19.5. The van der Waals surface area contributed by atoms with Gasteiger partial charge in [0.15, 0.2) is 0 Å². The second-order valence-electron chi connectivity index (χ2n) is 15.5. The van der Waals surface area contributed by atoms with Crippen LogP contribution in [0.25, 0.3) is 0 Å². The fourth-order valence-corrected chi connectivity index (χ4v) is 9.60. The van der Waals surface area contributed by atoms with E-state index in [1.54, 1.807) is 18.2 Å². The van der Waals surface area contributed by atoms with Crippen LogP contribution in [-0.2, 0) is 9.53 Å². The molecule has 5 aliphatic heterocycles. The largest absolute Gasteiger partial charge is 0.490 e. The number of carbonyl (C=O) groups excluding carboxylic acids is 3. The molecular weight excluding hydrogens is 735 g/mol. The van der Waals surface area contributed by atoms with Crippen molar-refractivity contribution in [3.05, 3.63) is 88.1 Å². The number of non-ortho nitro benzene ring substituents is 1. The Morgan fingerprint density at radius 3 is 2.20 bits per heavy atom. The first-order valence-corrected chi connectivity index (χ1v) is 20.4. The number of nitro benzene ring substituents is 1. The lowest BCUT2D eigenvalue weighted by molar-refractivity contribution is -0.385. The lowest BCUT2D eigenvalue weighted by Gasteiger charge is -2.40. The molecule has 1 atom stereocenters. The summed E-state index contributed by atoms with van der Waals surface area (Å²) in [5.74, 6) is -0.357. The van der Waals surface area contributed by atoms with E-state index in [0.717, 1.165) is 116 Å². The number of benzene rings is 3. The molecule has 3 amide bonds. The number of amides is 3. The van der Waals surface area contributed by atoms with Crippen molar-refractivity contribution in [2.75, 3.05) is 62.6 Å². The number of rotatable bonds is 10. The van der Waals surface area contributed by atoms with E-state index in [9.17, 15) is 24.5 Å². The Morgan fingerprint density at radius 2 is 1.46 bits per heavy atom. The number of likely N-dealkylation sites (tertiary alicyclic amines) is 1. The number of allylic oxidation sites excluding steroid dienone is 1. The Morgan fingerprint density at radius 1 is 0.768 bits per heavy atom. The summed E-state index contributed by atoms with van der Waals surface area (Å²) in [7, 11) is 0. The highest BCUT2D eigenvalue weighted by Crippen LogP contribution is 2.47. The highest BCUT2D eigenvalue weighted by atomic mass is 32.2. The van der Waals surface area contributed by atoms with E-state index in [4.69, 9.17) is 9.47 Å². The van der Waals surface area contributed by atoms with Gasteiger partial charge < -0.3 is 29.9 Å². The van der Waals surface area contributed by atoms with Crippen molar-refractivity contribution in [3.63, 3.8) is 0 Å². The van der Waals surface area contributed by atoms with E-state index in [0.29, 0.717) is 29.7 Å². The molecule has 14 nitrogen and oxygen atoms in total. The second kappa shape index (κ2) is 15.2.